The molecule has 1 aromatic heterocycles. The molecular weight excluding hydrogens is 451 g/mol. The first-order chi connectivity index (χ1) is 16.5. The molecular formula is C26H19N6NaO2. The van der Waals surface area contributed by atoms with Crippen molar-refractivity contribution in [1.29, 1.82) is 0 Å². The monoisotopic (exact) mass is 470 g/mol. The fourth-order valence-corrected chi connectivity index (χ4v) is 4.12. The maximum Gasteiger partial charge on any atom is 1.00 e. The number of non-ortho nitro benzene ring substituents is 1. The van der Waals surface area contributed by atoms with Crippen LogP contribution in [0.5, 0.6) is 0 Å². The summed E-state index contributed by atoms with van der Waals surface area (Å²) in [6.07, 6.45) is 0.799. The summed E-state index contributed by atoms with van der Waals surface area (Å²) in [5.74, 6) is 0. The van der Waals surface area contributed by atoms with Gasteiger partial charge in [-0.25, -0.2) is 4.98 Å². The summed E-state index contributed by atoms with van der Waals surface area (Å²) in [6, 6.07) is 29.1. The van der Waals surface area contributed by atoms with Gasteiger partial charge < -0.3 is 16.8 Å². The molecule has 6 rings (SSSR count). The van der Waals surface area contributed by atoms with Gasteiger partial charge in [0.05, 0.1) is 21.6 Å². The van der Waals surface area contributed by atoms with Gasteiger partial charge >= 0.3 is 29.6 Å². The van der Waals surface area contributed by atoms with E-state index in [4.69, 9.17) is 16.8 Å². The molecule has 2 N–H and O–H groups in total. The molecule has 8 nitrogen and oxygen atoms in total. The largest absolute Gasteiger partial charge is 1.00 e. The van der Waals surface area contributed by atoms with Crippen molar-refractivity contribution in [2.24, 2.45) is 0 Å². The van der Waals surface area contributed by atoms with E-state index in [1.807, 2.05) is 66.7 Å². The zero-order valence-corrected chi connectivity index (χ0v) is 21.0. The first-order valence-corrected chi connectivity index (χ1v) is 10.4. The average molecular weight is 470 g/mol. The van der Waals surface area contributed by atoms with Gasteiger partial charge in [0.15, 0.2) is 0 Å². The molecule has 0 aliphatic heterocycles. The van der Waals surface area contributed by atoms with Gasteiger partial charge in [-0.1, -0.05) is 60.7 Å². The van der Waals surface area contributed by atoms with Gasteiger partial charge in [0, 0.05) is 22.9 Å². The Morgan fingerprint density at radius 3 is 1.91 bits per heavy atom. The topological polar surface area (TPSA) is 141 Å². The van der Waals surface area contributed by atoms with E-state index in [0.29, 0.717) is 0 Å². The number of nitrogens with two attached hydrogens (primary N) is 1. The minimum atomic E-state index is -0.344. The molecule has 4 aromatic carbocycles. The molecule has 0 saturated carbocycles. The van der Waals surface area contributed by atoms with E-state index in [0.717, 1.165) is 45.0 Å². The van der Waals surface area contributed by atoms with E-state index in [1.54, 1.807) is 12.1 Å². The molecule has 9 heteroatoms. The van der Waals surface area contributed by atoms with Crippen LogP contribution in [0.2, 0.25) is 0 Å². The number of benzene rings is 4. The van der Waals surface area contributed by atoms with Gasteiger partial charge in [0.25, 0.3) is 5.69 Å². The van der Waals surface area contributed by atoms with E-state index in [-0.39, 0.29) is 40.2 Å². The summed E-state index contributed by atoms with van der Waals surface area (Å²) in [4.78, 5) is 16.4. The molecule has 1 heterocycles. The molecule has 35 heavy (non-hydrogen) atoms. The van der Waals surface area contributed by atoms with Gasteiger partial charge in [-0.05, 0) is 46.9 Å². The van der Waals surface area contributed by atoms with Crippen molar-refractivity contribution in [2.75, 3.05) is 5.73 Å². The Labute approximate surface area is 223 Å². The summed E-state index contributed by atoms with van der Waals surface area (Å²) in [5, 5.41) is 12.7. The fourth-order valence-electron chi connectivity index (χ4n) is 4.12. The number of rotatable bonds is 1. The maximum absolute atomic E-state index is 10.7. The quantitative estimate of drug-likeness (QED) is 0.0737. The van der Waals surface area contributed by atoms with Crippen LogP contribution in [0.4, 0.5) is 11.4 Å². The van der Waals surface area contributed by atoms with Crippen LogP contribution in [-0.4, -0.2) is 9.91 Å². The van der Waals surface area contributed by atoms with Crippen molar-refractivity contribution in [1.82, 2.24) is 4.98 Å². The number of nitro groups is 1. The number of nitro benzene ring substituents is 1. The Morgan fingerprint density at radius 1 is 0.800 bits per heavy atom. The number of fused-ring (bicyclic) bond motifs is 5. The number of para-hydroxylation sites is 2. The molecule has 1 aliphatic rings. The van der Waals surface area contributed by atoms with Gasteiger partial charge in [-0.3, -0.25) is 15.0 Å². The van der Waals surface area contributed by atoms with E-state index in [9.17, 15) is 10.1 Å². The second-order valence-electron chi connectivity index (χ2n) is 7.58. The van der Waals surface area contributed by atoms with Crippen molar-refractivity contribution < 1.29 is 34.5 Å². The molecule has 0 radical (unpaired) electrons. The molecule has 0 unspecified atom stereocenters. The number of anilines is 1. The first-order valence-electron chi connectivity index (χ1n) is 10.4. The number of pyridine rings is 1. The molecule has 0 atom stereocenters. The molecule has 0 amide bonds. The van der Waals surface area contributed by atoms with Crippen LogP contribution >= 0.6 is 0 Å². The average Bonchev–Trinajstić information content (AvgIpc) is 3.23. The van der Waals surface area contributed by atoms with Crippen LogP contribution in [0, 0.1) is 10.1 Å². The number of hydrogen-bond acceptors (Lipinski definition) is 4. The third-order valence-electron chi connectivity index (χ3n) is 5.62. The van der Waals surface area contributed by atoms with Gasteiger partial charge in [-0.2, -0.15) is 0 Å². The molecule has 166 valence electrons. The third-order valence-corrected chi connectivity index (χ3v) is 5.62. The fraction of sp³-hybridized carbons (Fsp3) is 0.0385. The molecule has 5 aromatic rings. The van der Waals surface area contributed by atoms with E-state index < -0.39 is 0 Å². The predicted molar refractivity (Wildman–Crippen MR) is 135 cm³/mol. The second kappa shape index (κ2) is 11.5. The predicted octanol–water partition coefficient (Wildman–Crippen LogP) is 4.01. The van der Waals surface area contributed by atoms with E-state index in [2.05, 4.69) is 17.1 Å². The normalized spacial score (nSPS) is 10.4. The minimum Gasteiger partial charge on any atom is -0.398 e. The van der Waals surface area contributed by atoms with Crippen LogP contribution in [0.3, 0.4) is 0 Å². The Bertz CT molecular complexity index is 1510. The molecule has 0 saturated heterocycles. The van der Waals surface area contributed by atoms with Crippen LogP contribution in [0.15, 0.2) is 91.0 Å². The zero-order valence-electron chi connectivity index (χ0n) is 19.0. The van der Waals surface area contributed by atoms with Crippen LogP contribution in [0.1, 0.15) is 11.1 Å². The standard InChI is InChI=1S/C13H10N2.C13H9NO2.N3.Na/c14-13-9-5-1-3-7-11(9)15-12-8-4-2-6-10(12)13;15-14(16)11-5-6-13-10(8-11)7-9-3-1-2-4-12(9)13;1-3-2;/h1-8H,(H2,14,15);1-6,8H,7H2;;/q;;-1;+1. The first kappa shape index (κ1) is 25.7. The van der Waals surface area contributed by atoms with Gasteiger partial charge in [-0.15, -0.1) is 0 Å². The Hall–Kier alpha value is -3.94. The summed E-state index contributed by atoms with van der Waals surface area (Å²) >= 11 is 0. The van der Waals surface area contributed by atoms with E-state index >= 15 is 0 Å². The SMILES string of the molecule is Nc1c2ccccc2nc2ccccc12.O=[N+]([O-])c1ccc2c(c1)Cc1ccccc1-2.[N-]=[N+]=[N-].[Na+]. The maximum atomic E-state index is 10.7. The van der Waals surface area contributed by atoms with Crippen LogP contribution in [0.25, 0.3) is 48.9 Å². The number of nitrogen functional groups attached to an aromatic ring is 1. The minimum absolute atomic E-state index is 0. The Balaban J connectivity index is 0.000000172. The molecule has 0 spiro atoms. The zero-order chi connectivity index (χ0) is 24.1. The summed E-state index contributed by atoms with van der Waals surface area (Å²) in [5.41, 5.74) is 27.1. The van der Waals surface area contributed by atoms with Crippen molar-refractivity contribution in [3.63, 3.8) is 0 Å². The summed E-state index contributed by atoms with van der Waals surface area (Å²) < 4.78 is 0. The molecule has 1 aliphatic carbocycles. The van der Waals surface area contributed by atoms with Crippen molar-refractivity contribution in [2.45, 2.75) is 6.42 Å². The van der Waals surface area contributed by atoms with E-state index in [1.165, 1.54) is 16.0 Å². The van der Waals surface area contributed by atoms with Crippen molar-refractivity contribution in [3.05, 3.63) is 128 Å². The Kier molecular flexibility index (Phi) is 8.41. The van der Waals surface area contributed by atoms with Gasteiger partial charge in [0.1, 0.15) is 0 Å². The van der Waals surface area contributed by atoms with Crippen LogP contribution in [-0.2, 0) is 6.42 Å². The smallest absolute Gasteiger partial charge is 0.398 e. The third kappa shape index (κ3) is 5.42. The molecule has 0 fully saturated rings. The number of hydrogen-bond donors (Lipinski definition) is 1. The summed E-state index contributed by atoms with van der Waals surface area (Å²) in [7, 11) is 0. The van der Waals surface area contributed by atoms with Gasteiger partial charge in [0.2, 0.25) is 0 Å². The number of nitrogens with zero attached hydrogens (tertiary/aromatic N) is 5. The number of aromatic nitrogens is 1. The molecule has 0 bridgehead atoms. The second-order valence-corrected chi connectivity index (χ2v) is 7.58. The van der Waals surface area contributed by atoms with Crippen molar-refractivity contribution in [3.8, 4) is 11.1 Å². The summed E-state index contributed by atoms with van der Waals surface area (Å²) in [6.45, 7) is 0. The van der Waals surface area contributed by atoms with Crippen molar-refractivity contribution >= 4 is 33.2 Å². The van der Waals surface area contributed by atoms with Crippen LogP contribution < -0.4 is 35.3 Å². The Morgan fingerprint density at radius 2 is 1.31 bits per heavy atom.